The summed E-state index contributed by atoms with van der Waals surface area (Å²) in [4.78, 5) is 30.2. The van der Waals surface area contributed by atoms with Crippen LogP contribution in [0, 0.1) is 0 Å². The van der Waals surface area contributed by atoms with Gasteiger partial charge in [0.25, 0.3) is 5.91 Å². The Bertz CT molecular complexity index is 1610. The molecule has 12 heteroatoms. The van der Waals surface area contributed by atoms with Gasteiger partial charge < -0.3 is 30.4 Å². The Labute approximate surface area is 233 Å². The predicted octanol–water partition coefficient (Wildman–Crippen LogP) is 1.45. The number of ether oxygens (including phenoxy) is 1. The maximum atomic E-state index is 13.8. The Morgan fingerprint density at radius 3 is 2.55 bits per heavy atom. The first-order chi connectivity index (χ1) is 18.9. The highest BCUT2D eigenvalue weighted by Gasteiger charge is 2.48. The summed E-state index contributed by atoms with van der Waals surface area (Å²) < 4.78 is 34.7. The van der Waals surface area contributed by atoms with E-state index >= 15 is 0 Å². The zero-order valence-corrected chi connectivity index (χ0v) is 23.9. The van der Waals surface area contributed by atoms with E-state index in [1.54, 1.807) is 35.6 Å². The lowest BCUT2D eigenvalue weighted by molar-refractivity contribution is -0.135. The molecule has 1 fully saturated rings. The van der Waals surface area contributed by atoms with Gasteiger partial charge in [0.15, 0.2) is 26.2 Å². The molecule has 2 amide bonds. The van der Waals surface area contributed by atoms with Crippen LogP contribution in [0.2, 0.25) is 0 Å². The van der Waals surface area contributed by atoms with Gasteiger partial charge >= 0.3 is 0 Å². The molecule has 214 valence electrons. The molecule has 2 aliphatic rings. The van der Waals surface area contributed by atoms with Gasteiger partial charge in [-0.15, -0.1) is 0 Å². The molecule has 0 radical (unpaired) electrons. The Morgan fingerprint density at radius 1 is 1.25 bits per heavy atom. The van der Waals surface area contributed by atoms with E-state index in [4.69, 9.17) is 20.6 Å². The van der Waals surface area contributed by atoms with Gasteiger partial charge in [-0.2, -0.15) is 0 Å². The molecule has 0 spiro atoms. The minimum Gasteiger partial charge on any atom is -0.483 e. The van der Waals surface area contributed by atoms with Crippen molar-refractivity contribution in [1.82, 2.24) is 19.8 Å². The number of piperidine rings is 1. The van der Waals surface area contributed by atoms with Gasteiger partial charge in [-0.1, -0.05) is 31.2 Å². The number of nitrogens with one attached hydrogen (secondary N) is 1. The van der Waals surface area contributed by atoms with E-state index in [1.807, 2.05) is 25.1 Å². The molecule has 2 aliphatic heterocycles. The smallest absolute Gasteiger partial charge is 0.272 e. The predicted molar refractivity (Wildman–Crippen MR) is 150 cm³/mol. The summed E-state index contributed by atoms with van der Waals surface area (Å²) in [6.45, 7) is 3.90. The van der Waals surface area contributed by atoms with Crippen LogP contribution >= 0.6 is 0 Å². The highest BCUT2D eigenvalue weighted by atomic mass is 32.2. The zero-order chi connectivity index (χ0) is 29.0. The molecule has 1 saturated heterocycles. The van der Waals surface area contributed by atoms with E-state index in [-0.39, 0.29) is 23.4 Å². The molecule has 0 saturated carbocycles. The third kappa shape index (κ3) is 4.34. The number of carbonyl (C=O) groups is 2. The van der Waals surface area contributed by atoms with Gasteiger partial charge in [-0.25, -0.2) is 13.4 Å². The fourth-order valence-electron chi connectivity index (χ4n) is 5.86. The number of aliphatic hydroxyl groups is 1. The number of hydrogen-bond acceptors (Lipinski definition) is 8. The first-order valence-electron chi connectivity index (χ1n) is 13.4. The largest absolute Gasteiger partial charge is 0.483 e. The average molecular weight is 570 g/mol. The fraction of sp³-hybridized carbons (Fsp3) is 0.464. The highest BCUT2D eigenvalue weighted by molar-refractivity contribution is 7.91. The normalized spacial score (nSPS) is 21.4. The van der Waals surface area contributed by atoms with Crippen LogP contribution < -0.4 is 15.8 Å². The van der Waals surface area contributed by atoms with Gasteiger partial charge in [0.05, 0.1) is 11.2 Å². The Kier molecular flexibility index (Phi) is 7.13. The van der Waals surface area contributed by atoms with Crippen LogP contribution in [0.15, 0.2) is 30.3 Å². The van der Waals surface area contributed by atoms with Gasteiger partial charge in [-0.05, 0) is 37.8 Å². The van der Waals surface area contributed by atoms with Crippen LogP contribution in [0.5, 0.6) is 5.75 Å². The molecule has 0 aliphatic carbocycles. The molecule has 3 aromatic rings. The van der Waals surface area contributed by atoms with Gasteiger partial charge in [0.2, 0.25) is 5.91 Å². The molecule has 11 nitrogen and oxygen atoms in total. The standard InChI is InChI=1S/C28H35N5O6S/c1-5-17-14-21-24-26(25(32(21)3)27(36)30-18-10-12-33(13-11-18)22(35)15-34)39-16(2)28(29,40(4,37)38)20-9-7-6-8-19(20)23(17)31-24/h6-9,14,16,18,34H,5,10-13,15,29H2,1-4H3,(H,30,36). The second kappa shape index (κ2) is 10.2. The number of nitrogens with two attached hydrogens (primary N) is 1. The van der Waals surface area contributed by atoms with E-state index in [9.17, 15) is 18.0 Å². The third-order valence-corrected chi connectivity index (χ3v) is 10.0. The lowest BCUT2D eigenvalue weighted by Crippen LogP contribution is -2.55. The van der Waals surface area contributed by atoms with Crippen LogP contribution in [0.25, 0.3) is 22.3 Å². The topological polar surface area (TPSA) is 157 Å². The second-order valence-electron chi connectivity index (χ2n) is 10.6. The van der Waals surface area contributed by atoms with Gasteiger partial charge in [0, 0.05) is 43.6 Å². The number of aliphatic hydroxyl groups excluding tert-OH is 1. The number of pyridine rings is 1. The highest BCUT2D eigenvalue weighted by Crippen LogP contribution is 2.43. The van der Waals surface area contributed by atoms with Crippen molar-refractivity contribution in [3.05, 3.63) is 47.2 Å². The third-order valence-electron chi connectivity index (χ3n) is 8.24. The number of carbonyl (C=O) groups excluding carboxylic acids is 2. The van der Waals surface area contributed by atoms with Crippen LogP contribution in [0.1, 0.15) is 48.3 Å². The van der Waals surface area contributed by atoms with Crippen molar-refractivity contribution in [1.29, 1.82) is 0 Å². The quantitative estimate of drug-likeness (QED) is 0.417. The first-order valence-corrected chi connectivity index (χ1v) is 15.3. The monoisotopic (exact) mass is 569 g/mol. The van der Waals surface area contributed by atoms with Gasteiger partial charge in [0.1, 0.15) is 18.2 Å². The van der Waals surface area contributed by atoms with Crippen molar-refractivity contribution in [3.8, 4) is 17.0 Å². The second-order valence-corrected chi connectivity index (χ2v) is 12.8. The summed E-state index contributed by atoms with van der Waals surface area (Å²) in [6, 6.07) is 8.84. The molecule has 40 heavy (non-hydrogen) atoms. The first kappa shape index (κ1) is 28.1. The molecule has 4 heterocycles. The number of likely N-dealkylation sites (tertiary alicyclic amines) is 1. The van der Waals surface area contributed by atoms with Crippen molar-refractivity contribution in [2.45, 2.75) is 50.1 Å². The number of aryl methyl sites for hydroxylation is 2. The van der Waals surface area contributed by atoms with E-state index in [0.29, 0.717) is 60.2 Å². The zero-order valence-electron chi connectivity index (χ0n) is 23.1. The molecule has 4 N–H and O–H groups in total. The molecule has 2 aromatic heterocycles. The number of amides is 2. The van der Waals surface area contributed by atoms with E-state index in [0.717, 1.165) is 11.8 Å². The van der Waals surface area contributed by atoms with Crippen molar-refractivity contribution in [2.24, 2.45) is 12.8 Å². The Morgan fingerprint density at radius 2 is 1.93 bits per heavy atom. The maximum absolute atomic E-state index is 13.8. The van der Waals surface area contributed by atoms with Crippen molar-refractivity contribution in [3.63, 3.8) is 0 Å². The Hall–Kier alpha value is -3.48. The maximum Gasteiger partial charge on any atom is 0.272 e. The van der Waals surface area contributed by atoms with Crippen molar-refractivity contribution >= 4 is 32.7 Å². The number of sulfone groups is 1. The van der Waals surface area contributed by atoms with Crippen LogP contribution in [-0.2, 0) is 33.0 Å². The number of hydrogen-bond donors (Lipinski definition) is 3. The van der Waals surface area contributed by atoms with E-state index < -0.39 is 33.3 Å². The number of nitrogens with zero attached hydrogens (tertiary/aromatic N) is 3. The summed E-state index contributed by atoms with van der Waals surface area (Å²) in [6.07, 6.45) is 1.70. The summed E-state index contributed by atoms with van der Waals surface area (Å²) in [5.41, 5.74) is 10.6. The number of rotatable bonds is 5. The lowest BCUT2D eigenvalue weighted by Gasteiger charge is -2.35. The van der Waals surface area contributed by atoms with E-state index in [2.05, 4.69) is 5.32 Å². The number of fused-ring (bicyclic) bond motifs is 3. The summed E-state index contributed by atoms with van der Waals surface area (Å²) in [5, 5.41) is 12.2. The van der Waals surface area contributed by atoms with Crippen LogP contribution in [-0.4, -0.2) is 77.9 Å². The molecule has 2 bridgehead atoms. The summed E-state index contributed by atoms with van der Waals surface area (Å²) in [7, 11) is -2.17. The van der Waals surface area contributed by atoms with Crippen molar-refractivity contribution in [2.75, 3.05) is 26.0 Å². The van der Waals surface area contributed by atoms with Crippen molar-refractivity contribution < 1.29 is 27.9 Å². The molecular weight excluding hydrogens is 534 g/mol. The molecular formula is C28H35N5O6S. The molecule has 2 atom stereocenters. The minimum absolute atomic E-state index is 0.172. The number of aromatic nitrogens is 2. The average Bonchev–Trinajstić information content (AvgIpc) is 3.21. The van der Waals surface area contributed by atoms with Gasteiger partial charge in [-0.3, -0.25) is 9.59 Å². The Balaban J connectivity index is 1.65. The summed E-state index contributed by atoms with van der Waals surface area (Å²) in [5.74, 6) is -0.557. The lowest BCUT2D eigenvalue weighted by atomic mass is 9.92. The van der Waals surface area contributed by atoms with Crippen LogP contribution in [0.3, 0.4) is 0 Å². The molecule has 5 rings (SSSR count). The molecule has 2 unspecified atom stereocenters. The van der Waals surface area contributed by atoms with E-state index in [1.165, 1.54) is 0 Å². The van der Waals surface area contributed by atoms with Crippen LogP contribution in [0.4, 0.5) is 0 Å². The minimum atomic E-state index is -3.93. The fourth-order valence-corrected chi connectivity index (χ4v) is 7.09. The molecule has 1 aromatic carbocycles. The summed E-state index contributed by atoms with van der Waals surface area (Å²) >= 11 is 0. The number of benzene rings is 1. The SMILES string of the molecule is CCc1cc2c3nc1-c1ccccc1C(N)(S(C)(=O)=O)C(C)Oc3c(C(=O)NC1CCN(C(=O)CO)CC1)n2C.